The van der Waals surface area contributed by atoms with Gasteiger partial charge in [-0.3, -0.25) is 9.59 Å². The van der Waals surface area contributed by atoms with Crippen LogP contribution in [0.25, 0.3) is 0 Å². The van der Waals surface area contributed by atoms with E-state index in [1.165, 1.54) is 11.1 Å². The van der Waals surface area contributed by atoms with Crippen LogP contribution in [0.3, 0.4) is 0 Å². The molecule has 1 fully saturated rings. The maximum Gasteiger partial charge on any atom is 0.237 e. The summed E-state index contributed by atoms with van der Waals surface area (Å²) in [6.45, 7) is 5.93. The van der Waals surface area contributed by atoms with Crippen molar-refractivity contribution in [2.75, 3.05) is 4.90 Å². The molecule has 0 N–H and O–H groups in total. The van der Waals surface area contributed by atoms with Gasteiger partial charge in [-0.15, -0.1) is 0 Å². The van der Waals surface area contributed by atoms with Gasteiger partial charge in [0.2, 0.25) is 17.7 Å². The SMILES string of the molecule is CC[C@H]1CC(=O)N(c2ccc(Oc3ccc(C#N)c(C(C)C)c3)nc2)C1=O. The first-order chi connectivity index (χ1) is 12.9. The molecule has 27 heavy (non-hydrogen) atoms. The maximum absolute atomic E-state index is 12.3. The molecule has 138 valence electrons. The van der Waals surface area contributed by atoms with E-state index >= 15 is 0 Å². The minimum atomic E-state index is -0.249. The van der Waals surface area contributed by atoms with E-state index in [0.717, 1.165) is 5.56 Å². The average molecular weight is 363 g/mol. The van der Waals surface area contributed by atoms with Gasteiger partial charge in [0, 0.05) is 18.4 Å². The summed E-state index contributed by atoms with van der Waals surface area (Å²) in [5.74, 6) is 0.503. The van der Waals surface area contributed by atoms with E-state index in [4.69, 9.17) is 4.74 Å². The maximum atomic E-state index is 12.3. The van der Waals surface area contributed by atoms with Gasteiger partial charge in [0.15, 0.2) is 0 Å². The first kappa shape index (κ1) is 18.6. The Bertz CT molecular complexity index is 913. The summed E-state index contributed by atoms with van der Waals surface area (Å²) in [5, 5.41) is 9.20. The quantitative estimate of drug-likeness (QED) is 0.745. The lowest BCUT2D eigenvalue weighted by atomic mass is 9.98. The fourth-order valence-corrected chi connectivity index (χ4v) is 3.15. The van der Waals surface area contributed by atoms with Crippen molar-refractivity contribution in [2.45, 2.75) is 39.5 Å². The summed E-state index contributed by atoms with van der Waals surface area (Å²) < 4.78 is 5.77. The molecule has 0 bridgehead atoms. The molecule has 6 heteroatoms. The van der Waals surface area contributed by atoms with Gasteiger partial charge in [-0.25, -0.2) is 9.88 Å². The molecule has 1 aromatic carbocycles. The Labute approximate surface area is 158 Å². The normalized spacial score (nSPS) is 16.7. The third kappa shape index (κ3) is 3.68. The molecule has 0 aliphatic carbocycles. The van der Waals surface area contributed by atoms with Crippen molar-refractivity contribution in [1.29, 1.82) is 5.26 Å². The zero-order valence-electron chi connectivity index (χ0n) is 15.6. The van der Waals surface area contributed by atoms with Crippen molar-refractivity contribution in [3.05, 3.63) is 47.7 Å². The first-order valence-corrected chi connectivity index (χ1v) is 8.99. The van der Waals surface area contributed by atoms with Crippen molar-refractivity contribution >= 4 is 17.5 Å². The Balaban J connectivity index is 1.79. The standard InChI is InChI=1S/C21H21N3O3/c1-4-14-9-20(25)24(21(14)26)16-6-8-19(23-12-16)27-17-7-5-15(11-22)18(10-17)13(2)3/h5-8,10,12-14H,4,9H2,1-3H3/t14-/m0/s1. The number of nitrogens with zero attached hydrogens (tertiary/aromatic N) is 3. The highest BCUT2D eigenvalue weighted by molar-refractivity contribution is 6.20. The van der Waals surface area contributed by atoms with Gasteiger partial charge in [-0.2, -0.15) is 5.26 Å². The van der Waals surface area contributed by atoms with Gasteiger partial charge >= 0.3 is 0 Å². The van der Waals surface area contributed by atoms with Gasteiger partial charge in [-0.05, 0) is 42.2 Å². The first-order valence-electron chi connectivity index (χ1n) is 8.99. The van der Waals surface area contributed by atoms with Gasteiger partial charge < -0.3 is 4.74 Å². The van der Waals surface area contributed by atoms with Crippen molar-refractivity contribution in [2.24, 2.45) is 5.92 Å². The molecule has 1 aliphatic heterocycles. The summed E-state index contributed by atoms with van der Waals surface area (Å²) in [4.78, 5) is 29.8. The zero-order chi connectivity index (χ0) is 19.6. The topological polar surface area (TPSA) is 83.3 Å². The van der Waals surface area contributed by atoms with E-state index in [-0.39, 0.29) is 30.1 Å². The van der Waals surface area contributed by atoms with Crippen molar-refractivity contribution in [1.82, 2.24) is 4.98 Å². The molecule has 2 heterocycles. The smallest absolute Gasteiger partial charge is 0.237 e. The summed E-state index contributed by atoms with van der Waals surface area (Å²) >= 11 is 0. The van der Waals surface area contributed by atoms with Crippen LogP contribution in [0.15, 0.2) is 36.5 Å². The molecule has 2 aromatic rings. The van der Waals surface area contributed by atoms with Gasteiger partial charge in [0.25, 0.3) is 0 Å². The van der Waals surface area contributed by atoms with Crippen LogP contribution < -0.4 is 9.64 Å². The van der Waals surface area contributed by atoms with E-state index in [2.05, 4.69) is 11.1 Å². The number of hydrogen-bond acceptors (Lipinski definition) is 5. The van der Waals surface area contributed by atoms with Crippen LogP contribution in [0, 0.1) is 17.2 Å². The summed E-state index contributed by atoms with van der Waals surface area (Å²) in [6.07, 6.45) is 2.36. The second-order valence-electron chi connectivity index (χ2n) is 6.85. The number of hydrogen-bond donors (Lipinski definition) is 0. The highest BCUT2D eigenvalue weighted by Crippen LogP contribution is 2.30. The van der Waals surface area contributed by atoms with Gasteiger partial charge in [0.05, 0.1) is 23.5 Å². The highest BCUT2D eigenvalue weighted by Gasteiger charge is 2.38. The van der Waals surface area contributed by atoms with Crippen LogP contribution in [-0.2, 0) is 9.59 Å². The predicted molar refractivity (Wildman–Crippen MR) is 100 cm³/mol. The molecule has 0 unspecified atom stereocenters. The number of aromatic nitrogens is 1. The number of ether oxygens (including phenoxy) is 1. The largest absolute Gasteiger partial charge is 0.439 e. The lowest BCUT2D eigenvalue weighted by Gasteiger charge is -2.15. The lowest BCUT2D eigenvalue weighted by molar-refractivity contribution is -0.122. The summed E-state index contributed by atoms with van der Waals surface area (Å²) in [7, 11) is 0. The Morgan fingerprint density at radius 2 is 2.07 bits per heavy atom. The number of imide groups is 1. The number of rotatable bonds is 5. The molecule has 6 nitrogen and oxygen atoms in total. The van der Waals surface area contributed by atoms with Crippen molar-refractivity contribution in [3.63, 3.8) is 0 Å². The van der Waals surface area contributed by atoms with Gasteiger partial charge in [0.1, 0.15) is 5.75 Å². The second-order valence-corrected chi connectivity index (χ2v) is 6.85. The minimum absolute atomic E-state index is 0.174. The second kappa shape index (κ2) is 7.58. The molecule has 2 amide bonds. The van der Waals surface area contributed by atoms with Gasteiger partial charge in [-0.1, -0.05) is 20.8 Å². The zero-order valence-corrected chi connectivity index (χ0v) is 15.6. The number of benzene rings is 1. The molecule has 3 rings (SSSR count). The number of carbonyl (C=O) groups excluding carboxylic acids is 2. The van der Waals surface area contributed by atoms with E-state index < -0.39 is 0 Å². The molecule has 0 saturated carbocycles. The molecular weight excluding hydrogens is 342 g/mol. The van der Waals surface area contributed by atoms with E-state index in [9.17, 15) is 14.9 Å². The van der Waals surface area contributed by atoms with Crippen LogP contribution in [0.4, 0.5) is 5.69 Å². The van der Waals surface area contributed by atoms with E-state index in [1.54, 1.807) is 24.3 Å². The third-order valence-corrected chi connectivity index (χ3v) is 4.70. The van der Waals surface area contributed by atoms with Crippen LogP contribution in [-0.4, -0.2) is 16.8 Å². The number of nitriles is 1. The average Bonchev–Trinajstić information content (AvgIpc) is 2.96. The monoisotopic (exact) mass is 363 g/mol. The number of anilines is 1. The highest BCUT2D eigenvalue weighted by atomic mass is 16.5. The summed E-state index contributed by atoms with van der Waals surface area (Å²) in [5.41, 5.74) is 1.98. The van der Waals surface area contributed by atoms with E-state index in [1.807, 2.05) is 26.8 Å². The molecule has 1 aliphatic rings. The predicted octanol–water partition coefficient (Wildman–Crippen LogP) is 4.16. The summed E-state index contributed by atoms with van der Waals surface area (Å²) in [6, 6.07) is 10.7. The van der Waals surface area contributed by atoms with Crippen molar-refractivity contribution < 1.29 is 14.3 Å². The molecule has 1 saturated heterocycles. The Morgan fingerprint density at radius 1 is 1.30 bits per heavy atom. The van der Waals surface area contributed by atoms with Crippen molar-refractivity contribution in [3.8, 4) is 17.7 Å². The Morgan fingerprint density at radius 3 is 2.63 bits per heavy atom. The molecule has 1 atom stereocenters. The van der Waals surface area contributed by atoms with Crippen LogP contribution in [0.2, 0.25) is 0 Å². The lowest BCUT2D eigenvalue weighted by Crippen LogP contribution is -2.30. The third-order valence-electron chi connectivity index (χ3n) is 4.70. The van der Waals surface area contributed by atoms with Crippen LogP contribution in [0.1, 0.15) is 50.7 Å². The molecule has 0 spiro atoms. The molecule has 0 radical (unpaired) electrons. The number of carbonyl (C=O) groups is 2. The van der Waals surface area contributed by atoms with E-state index in [0.29, 0.717) is 29.3 Å². The van der Waals surface area contributed by atoms with Crippen LogP contribution in [0.5, 0.6) is 11.6 Å². The molecular formula is C21H21N3O3. The fraction of sp³-hybridized carbons (Fsp3) is 0.333. The Kier molecular flexibility index (Phi) is 5.22. The number of pyridine rings is 1. The minimum Gasteiger partial charge on any atom is -0.439 e. The fourth-order valence-electron chi connectivity index (χ4n) is 3.15. The van der Waals surface area contributed by atoms with Crippen LogP contribution >= 0.6 is 0 Å². The Hall–Kier alpha value is -3.20. The number of amides is 2. The molecule has 1 aromatic heterocycles.